The monoisotopic (exact) mass is 438 g/mol. The van der Waals surface area contributed by atoms with Crippen molar-refractivity contribution in [3.8, 4) is 5.75 Å². The summed E-state index contributed by atoms with van der Waals surface area (Å²) in [7, 11) is -3.79. The lowest BCUT2D eigenvalue weighted by atomic mass is 10.2. The molecule has 1 amide bonds. The smallest absolute Gasteiger partial charge is 0.265 e. The Bertz CT molecular complexity index is 990. The van der Waals surface area contributed by atoms with Gasteiger partial charge in [-0.2, -0.15) is 4.31 Å². The lowest BCUT2D eigenvalue weighted by Crippen LogP contribution is -2.40. The van der Waals surface area contributed by atoms with E-state index in [2.05, 4.69) is 5.32 Å². The van der Waals surface area contributed by atoms with Gasteiger partial charge in [-0.15, -0.1) is 0 Å². The Hall–Kier alpha value is -2.13. The number of carbonyl (C=O) groups is 1. The molecule has 0 saturated carbocycles. The Labute approximate surface area is 175 Å². The summed E-state index contributed by atoms with van der Waals surface area (Å²) in [5.41, 5.74) is 1.34. The van der Waals surface area contributed by atoms with E-state index in [0.29, 0.717) is 24.7 Å². The molecule has 1 aliphatic heterocycles. The molecule has 7 nitrogen and oxygen atoms in total. The van der Waals surface area contributed by atoms with Crippen molar-refractivity contribution in [2.75, 3.05) is 31.6 Å². The van der Waals surface area contributed by atoms with Crippen LogP contribution in [0.3, 0.4) is 0 Å². The SMILES string of the molecule is Cc1cccc(O[C@@H](C)C(=O)Nc2ccc(Cl)c(S(=O)(=O)N3CCOCC3)c2)c1. The van der Waals surface area contributed by atoms with E-state index >= 15 is 0 Å². The maximum absolute atomic E-state index is 12.9. The van der Waals surface area contributed by atoms with E-state index in [4.69, 9.17) is 21.1 Å². The minimum atomic E-state index is -3.79. The molecule has 0 aromatic heterocycles. The van der Waals surface area contributed by atoms with Gasteiger partial charge in [0.2, 0.25) is 10.0 Å². The Morgan fingerprint density at radius 3 is 2.62 bits per heavy atom. The van der Waals surface area contributed by atoms with E-state index in [0.717, 1.165) is 5.56 Å². The highest BCUT2D eigenvalue weighted by molar-refractivity contribution is 7.89. The highest BCUT2D eigenvalue weighted by Crippen LogP contribution is 2.28. The standard InChI is InChI=1S/C20H23ClN2O5S/c1-14-4-3-5-17(12-14)28-15(2)20(24)22-16-6-7-18(21)19(13-16)29(25,26)23-8-10-27-11-9-23/h3-7,12-13,15H,8-11H2,1-2H3,(H,22,24)/t15-/m0/s1. The molecule has 1 aliphatic rings. The zero-order valence-corrected chi connectivity index (χ0v) is 17.8. The van der Waals surface area contributed by atoms with Crippen LogP contribution in [-0.2, 0) is 19.6 Å². The van der Waals surface area contributed by atoms with Crippen LogP contribution in [0, 0.1) is 6.92 Å². The summed E-state index contributed by atoms with van der Waals surface area (Å²) in [4.78, 5) is 12.5. The maximum atomic E-state index is 12.9. The second-order valence-corrected chi connectivity index (χ2v) is 9.04. The van der Waals surface area contributed by atoms with Crippen LogP contribution in [-0.4, -0.2) is 51.0 Å². The molecule has 1 saturated heterocycles. The quantitative estimate of drug-likeness (QED) is 0.749. The number of morpholine rings is 1. The van der Waals surface area contributed by atoms with Crippen molar-refractivity contribution in [1.82, 2.24) is 4.31 Å². The molecule has 0 bridgehead atoms. The van der Waals surface area contributed by atoms with E-state index in [1.54, 1.807) is 19.1 Å². The molecule has 3 rings (SSSR count). The van der Waals surface area contributed by atoms with Crippen LogP contribution in [0.5, 0.6) is 5.75 Å². The number of hydrogen-bond acceptors (Lipinski definition) is 5. The predicted octanol–water partition coefficient (Wildman–Crippen LogP) is 3.08. The maximum Gasteiger partial charge on any atom is 0.265 e. The van der Waals surface area contributed by atoms with Crippen LogP contribution < -0.4 is 10.1 Å². The van der Waals surface area contributed by atoms with Crippen molar-refractivity contribution >= 4 is 33.2 Å². The van der Waals surface area contributed by atoms with E-state index in [1.165, 1.54) is 16.4 Å². The van der Waals surface area contributed by atoms with Crippen molar-refractivity contribution in [3.05, 3.63) is 53.1 Å². The molecule has 9 heteroatoms. The Balaban J connectivity index is 1.74. The van der Waals surface area contributed by atoms with Gasteiger partial charge in [-0.25, -0.2) is 8.42 Å². The van der Waals surface area contributed by atoms with Crippen molar-refractivity contribution in [3.63, 3.8) is 0 Å². The summed E-state index contributed by atoms with van der Waals surface area (Å²) in [6, 6.07) is 11.8. The van der Waals surface area contributed by atoms with Crippen LogP contribution in [0.4, 0.5) is 5.69 Å². The Morgan fingerprint density at radius 1 is 1.21 bits per heavy atom. The largest absolute Gasteiger partial charge is 0.481 e. The third-order valence-electron chi connectivity index (χ3n) is 4.46. The molecule has 2 aromatic rings. The number of nitrogens with one attached hydrogen (secondary N) is 1. The van der Waals surface area contributed by atoms with Gasteiger partial charge in [0.1, 0.15) is 10.6 Å². The van der Waals surface area contributed by atoms with Gasteiger partial charge in [0.25, 0.3) is 5.91 Å². The summed E-state index contributed by atoms with van der Waals surface area (Å²) in [5.74, 6) is 0.183. The van der Waals surface area contributed by atoms with Crippen LogP contribution >= 0.6 is 11.6 Å². The normalized spacial score (nSPS) is 16.2. The molecule has 1 heterocycles. The number of amides is 1. The molecule has 156 valence electrons. The first-order valence-corrected chi connectivity index (χ1v) is 11.0. The van der Waals surface area contributed by atoms with Crippen molar-refractivity contribution in [2.45, 2.75) is 24.8 Å². The number of hydrogen-bond donors (Lipinski definition) is 1. The molecule has 2 aromatic carbocycles. The first-order valence-electron chi connectivity index (χ1n) is 9.19. The van der Waals surface area contributed by atoms with Crippen LogP contribution in [0.25, 0.3) is 0 Å². The summed E-state index contributed by atoms with van der Waals surface area (Å²) in [6.07, 6.45) is -0.772. The number of halogens is 1. The molecule has 0 unspecified atom stereocenters. The average Bonchev–Trinajstić information content (AvgIpc) is 2.70. The first-order chi connectivity index (χ1) is 13.8. The molecular weight excluding hydrogens is 416 g/mol. The van der Waals surface area contributed by atoms with Crippen molar-refractivity contribution in [1.29, 1.82) is 0 Å². The number of nitrogens with zero attached hydrogens (tertiary/aromatic N) is 1. The fourth-order valence-electron chi connectivity index (χ4n) is 2.90. The third-order valence-corrected chi connectivity index (χ3v) is 6.84. The molecular formula is C20H23ClN2O5S. The van der Waals surface area contributed by atoms with E-state index in [9.17, 15) is 13.2 Å². The summed E-state index contributed by atoms with van der Waals surface area (Å²) in [6.45, 7) is 4.75. The second-order valence-electron chi connectivity index (χ2n) is 6.73. The Morgan fingerprint density at radius 2 is 1.93 bits per heavy atom. The van der Waals surface area contributed by atoms with Gasteiger partial charge in [0.15, 0.2) is 6.10 Å². The minimum Gasteiger partial charge on any atom is -0.481 e. The summed E-state index contributed by atoms with van der Waals surface area (Å²) in [5, 5.41) is 2.78. The molecule has 0 spiro atoms. The first kappa shape index (κ1) is 21.6. The second kappa shape index (κ2) is 9.13. The van der Waals surface area contributed by atoms with Gasteiger partial charge in [-0.3, -0.25) is 4.79 Å². The number of carbonyl (C=O) groups excluding carboxylic acids is 1. The average molecular weight is 439 g/mol. The number of rotatable bonds is 6. The van der Waals surface area contributed by atoms with Crippen LogP contribution in [0.2, 0.25) is 5.02 Å². The fraction of sp³-hybridized carbons (Fsp3) is 0.350. The summed E-state index contributed by atoms with van der Waals surface area (Å²) < 4.78 is 38.0. The minimum absolute atomic E-state index is 0.0499. The number of sulfonamides is 1. The molecule has 1 atom stereocenters. The lowest BCUT2D eigenvalue weighted by Gasteiger charge is -2.26. The zero-order chi connectivity index (χ0) is 21.0. The highest BCUT2D eigenvalue weighted by atomic mass is 35.5. The lowest BCUT2D eigenvalue weighted by molar-refractivity contribution is -0.122. The topological polar surface area (TPSA) is 84.9 Å². The van der Waals surface area contributed by atoms with Gasteiger partial charge in [-0.05, 0) is 49.7 Å². The van der Waals surface area contributed by atoms with Crippen LogP contribution in [0.1, 0.15) is 12.5 Å². The molecule has 29 heavy (non-hydrogen) atoms. The van der Waals surface area contributed by atoms with Crippen LogP contribution in [0.15, 0.2) is 47.4 Å². The van der Waals surface area contributed by atoms with Crippen molar-refractivity contribution in [2.24, 2.45) is 0 Å². The summed E-state index contributed by atoms with van der Waals surface area (Å²) >= 11 is 6.15. The number of anilines is 1. The van der Waals surface area contributed by atoms with Gasteiger partial charge in [-0.1, -0.05) is 23.7 Å². The third kappa shape index (κ3) is 5.27. The molecule has 1 fully saturated rings. The van der Waals surface area contributed by atoms with Crippen molar-refractivity contribution < 1.29 is 22.7 Å². The van der Waals surface area contributed by atoms with E-state index in [1.807, 2.05) is 25.1 Å². The highest BCUT2D eigenvalue weighted by Gasteiger charge is 2.29. The molecule has 0 aliphatic carbocycles. The van der Waals surface area contributed by atoms with Gasteiger partial charge >= 0.3 is 0 Å². The Kier molecular flexibility index (Phi) is 6.79. The molecule has 1 N–H and O–H groups in total. The zero-order valence-electron chi connectivity index (χ0n) is 16.2. The van der Waals surface area contributed by atoms with Gasteiger partial charge in [0, 0.05) is 18.8 Å². The van der Waals surface area contributed by atoms with Gasteiger partial charge in [0.05, 0.1) is 18.2 Å². The number of aryl methyl sites for hydroxylation is 1. The van der Waals surface area contributed by atoms with E-state index in [-0.39, 0.29) is 23.0 Å². The van der Waals surface area contributed by atoms with Gasteiger partial charge < -0.3 is 14.8 Å². The predicted molar refractivity (Wildman–Crippen MR) is 111 cm³/mol. The number of benzene rings is 2. The number of ether oxygens (including phenoxy) is 2. The fourth-order valence-corrected chi connectivity index (χ4v) is 4.80. The van der Waals surface area contributed by atoms with E-state index < -0.39 is 22.0 Å². The molecule has 0 radical (unpaired) electrons.